The van der Waals surface area contributed by atoms with E-state index in [1.54, 1.807) is 0 Å². The van der Waals surface area contributed by atoms with Crippen LogP contribution in [0, 0.1) is 13.8 Å². The summed E-state index contributed by atoms with van der Waals surface area (Å²) in [6.45, 7) is 8.49. The molecule has 1 aromatic heterocycles. The molecule has 1 nitrogen and oxygen atoms in total. The van der Waals surface area contributed by atoms with Crippen LogP contribution >= 0.6 is 0 Å². The number of pyridine rings is 1. The van der Waals surface area contributed by atoms with Gasteiger partial charge in [0.25, 0.3) is 0 Å². The van der Waals surface area contributed by atoms with E-state index in [1.165, 1.54) is 33.5 Å². The standard InChI is InChI=1S/C20H24N/c1-6-9-17(7-2)18-12-11-15(3)19(14-18)20-16(4)10-8-13-21(20)5/h6-14H,1-5H3/q+1. The summed E-state index contributed by atoms with van der Waals surface area (Å²) >= 11 is 0. The first-order valence-corrected chi connectivity index (χ1v) is 7.44. The molecular weight excluding hydrogens is 254 g/mol. The Bertz CT molecular complexity index is 686. The molecule has 1 aromatic carbocycles. The van der Waals surface area contributed by atoms with Gasteiger partial charge in [0.15, 0.2) is 6.20 Å². The summed E-state index contributed by atoms with van der Waals surface area (Å²) < 4.78 is 2.20. The summed E-state index contributed by atoms with van der Waals surface area (Å²) in [7, 11) is 2.11. The lowest BCUT2D eigenvalue weighted by molar-refractivity contribution is -0.660. The fourth-order valence-electron chi connectivity index (χ4n) is 2.75. The summed E-state index contributed by atoms with van der Waals surface area (Å²) in [6.07, 6.45) is 8.51. The van der Waals surface area contributed by atoms with Gasteiger partial charge >= 0.3 is 0 Å². The molecule has 108 valence electrons. The van der Waals surface area contributed by atoms with Gasteiger partial charge in [0, 0.05) is 17.2 Å². The van der Waals surface area contributed by atoms with E-state index in [1.807, 2.05) is 0 Å². The molecule has 0 amide bonds. The number of aromatic nitrogens is 1. The molecule has 1 heteroatoms. The second kappa shape index (κ2) is 6.53. The third kappa shape index (κ3) is 3.13. The van der Waals surface area contributed by atoms with Crippen LogP contribution in [-0.4, -0.2) is 0 Å². The van der Waals surface area contributed by atoms with Gasteiger partial charge in [-0.15, -0.1) is 0 Å². The number of allylic oxidation sites excluding steroid dienone is 4. The highest BCUT2D eigenvalue weighted by Crippen LogP contribution is 2.27. The van der Waals surface area contributed by atoms with E-state index in [-0.39, 0.29) is 0 Å². The molecule has 0 spiro atoms. The topological polar surface area (TPSA) is 3.88 Å². The first-order chi connectivity index (χ1) is 10.1. The lowest BCUT2D eigenvalue weighted by atomic mass is 9.95. The minimum Gasteiger partial charge on any atom is -0.201 e. The Kier molecular flexibility index (Phi) is 4.74. The predicted molar refractivity (Wildman–Crippen MR) is 91.0 cm³/mol. The largest absolute Gasteiger partial charge is 0.215 e. The lowest BCUT2D eigenvalue weighted by Crippen LogP contribution is -2.31. The summed E-state index contributed by atoms with van der Waals surface area (Å²) in [6, 6.07) is 11.0. The summed E-state index contributed by atoms with van der Waals surface area (Å²) in [4.78, 5) is 0. The van der Waals surface area contributed by atoms with Crippen LogP contribution < -0.4 is 4.57 Å². The van der Waals surface area contributed by atoms with Crippen molar-refractivity contribution in [3.8, 4) is 11.3 Å². The Morgan fingerprint density at radius 1 is 1.05 bits per heavy atom. The van der Waals surface area contributed by atoms with Gasteiger partial charge in [-0.25, -0.2) is 4.57 Å². The van der Waals surface area contributed by atoms with E-state index in [0.717, 1.165) is 0 Å². The van der Waals surface area contributed by atoms with Crippen LogP contribution in [0.4, 0.5) is 0 Å². The number of hydrogen-bond acceptors (Lipinski definition) is 0. The van der Waals surface area contributed by atoms with Gasteiger partial charge in [0.1, 0.15) is 7.05 Å². The quantitative estimate of drug-likeness (QED) is 0.562. The van der Waals surface area contributed by atoms with Gasteiger partial charge in [0.05, 0.1) is 0 Å². The van der Waals surface area contributed by atoms with Crippen LogP contribution in [-0.2, 0) is 7.05 Å². The van der Waals surface area contributed by atoms with Crippen molar-refractivity contribution in [1.82, 2.24) is 0 Å². The van der Waals surface area contributed by atoms with E-state index in [0.29, 0.717) is 0 Å². The smallest absolute Gasteiger partial charge is 0.201 e. The molecule has 0 aliphatic heterocycles. The van der Waals surface area contributed by atoms with Gasteiger partial charge in [0.2, 0.25) is 5.69 Å². The maximum atomic E-state index is 2.30. The Morgan fingerprint density at radius 2 is 1.81 bits per heavy atom. The van der Waals surface area contributed by atoms with Crippen LogP contribution in [0.25, 0.3) is 16.8 Å². The van der Waals surface area contributed by atoms with E-state index in [9.17, 15) is 0 Å². The van der Waals surface area contributed by atoms with Crippen molar-refractivity contribution in [1.29, 1.82) is 0 Å². The predicted octanol–water partition coefficient (Wildman–Crippen LogP) is 4.77. The van der Waals surface area contributed by atoms with E-state index in [4.69, 9.17) is 0 Å². The third-order valence-corrected chi connectivity index (χ3v) is 3.87. The second-order valence-electron chi connectivity index (χ2n) is 5.42. The van der Waals surface area contributed by atoms with E-state index in [2.05, 4.69) is 94.1 Å². The van der Waals surface area contributed by atoms with Crippen molar-refractivity contribution in [2.24, 2.45) is 7.05 Å². The summed E-state index contributed by atoms with van der Waals surface area (Å²) in [5, 5.41) is 0. The zero-order valence-electron chi connectivity index (χ0n) is 13.6. The Hall–Kier alpha value is -2.15. The number of benzene rings is 1. The third-order valence-electron chi connectivity index (χ3n) is 3.87. The van der Waals surface area contributed by atoms with E-state index < -0.39 is 0 Å². The number of aryl methyl sites for hydroxylation is 3. The average molecular weight is 278 g/mol. The maximum absolute atomic E-state index is 2.30. The minimum atomic E-state index is 1.26. The Balaban J connectivity index is 2.65. The Labute approximate surface area is 128 Å². The first-order valence-electron chi connectivity index (χ1n) is 7.44. The summed E-state index contributed by atoms with van der Waals surface area (Å²) in [5.74, 6) is 0. The molecule has 21 heavy (non-hydrogen) atoms. The van der Waals surface area contributed by atoms with Crippen molar-refractivity contribution in [2.45, 2.75) is 27.7 Å². The van der Waals surface area contributed by atoms with Crippen LogP contribution in [0.5, 0.6) is 0 Å². The van der Waals surface area contributed by atoms with Crippen LogP contribution in [0.1, 0.15) is 30.5 Å². The van der Waals surface area contributed by atoms with Gasteiger partial charge in [-0.2, -0.15) is 0 Å². The maximum Gasteiger partial charge on any atom is 0.215 e. The second-order valence-corrected chi connectivity index (χ2v) is 5.42. The highest BCUT2D eigenvalue weighted by Gasteiger charge is 2.16. The molecule has 0 fully saturated rings. The van der Waals surface area contributed by atoms with Crippen LogP contribution in [0.15, 0.2) is 54.8 Å². The first kappa shape index (κ1) is 15.2. The van der Waals surface area contributed by atoms with Crippen molar-refractivity contribution in [2.75, 3.05) is 0 Å². The highest BCUT2D eigenvalue weighted by molar-refractivity contribution is 5.78. The van der Waals surface area contributed by atoms with Gasteiger partial charge in [-0.3, -0.25) is 0 Å². The molecule has 2 aromatic rings. The zero-order valence-corrected chi connectivity index (χ0v) is 13.6. The molecule has 1 heterocycles. The van der Waals surface area contributed by atoms with Crippen molar-refractivity contribution in [3.05, 3.63) is 71.4 Å². The average Bonchev–Trinajstić information content (AvgIpc) is 2.46. The van der Waals surface area contributed by atoms with Crippen molar-refractivity contribution >= 4 is 5.57 Å². The van der Waals surface area contributed by atoms with Crippen molar-refractivity contribution < 1.29 is 4.57 Å². The fourth-order valence-corrected chi connectivity index (χ4v) is 2.75. The van der Waals surface area contributed by atoms with E-state index >= 15 is 0 Å². The Morgan fingerprint density at radius 3 is 2.43 bits per heavy atom. The van der Waals surface area contributed by atoms with Gasteiger partial charge in [-0.1, -0.05) is 30.4 Å². The minimum absolute atomic E-state index is 1.26. The highest BCUT2D eigenvalue weighted by atomic mass is 14.9. The molecule has 0 unspecified atom stereocenters. The van der Waals surface area contributed by atoms with Gasteiger partial charge < -0.3 is 0 Å². The van der Waals surface area contributed by atoms with Gasteiger partial charge in [-0.05, 0) is 56.5 Å². The fraction of sp³-hybridized carbons (Fsp3) is 0.250. The van der Waals surface area contributed by atoms with Crippen LogP contribution in [0.3, 0.4) is 0 Å². The molecule has 0 aliphatic rings. The molecular formula is C20H24N+. The molecule has 0 saturated heterocycles. The molecule has 0 aliphatic carbocycles. The SMILES string of the molecule is CC=CC(=CC)c1ccc(C)c(-c2c(C)ccc[n+]2C)c1. The molecule has 0 saturated carbocycles. The molecule has 0 radical (unpaired) electrons. The lowest BCUT2D eigenvalue weighted by Gasteiger charge is -2.10. The molecule has 0 N–H and O–H groups in total. The monoisotopic (exact) mass is 278 g/mol. The number of rotatable bonds is 3. The molecule has 0 atom stereocenters. The normalized spacial score (nSPS) is 12.1. The summed E-state index contributed by atoms with van der Waals surface area (Å²) in [5.41, 5.74) is 7.71. The van der Waals surface area contributed by atoms with Crippen LogP contribution in [0.2, 0.25) is 0 Å². The molecule has 0 bridgehead atoms. The number of hydrogen-bond donors (Lipinski definition) is 0. The zero-order chi connectivity index (χ0) is 15.4. The number of nitrogens with zero attached hydrogens (tertiary/aromatic N) is 1. The molecule has 2 rings (SSSR count). The van der Waals surface area contributed by atoms with Crippen molar-refractivity contribution in [3.63, 3.8) is 0 Å².